The average molecular weight is 346 g/mol. The van der Waals surface area contributed by atoms with Crippen LogP contribution >= 0.6 is 0 Å². The molecule has 1 atom stereocenters. The van der Waals surface area contributed by atoms with Crippen molar-refractivity contribution in [2.45, 2.75) is 55.9 Å². The van der Waals surface area contributed by atoms with Crippen molar-refractivity contribution in [3.05, 3.63) is 35.2 Å². The third-order valence-electron chi connectivity index (χ3n) is 4.90. The highest BCUT2D eigenvalue weighted by Gasteiger charge is 2.29. The van der Waals surface area contributed by atoms with Crippen LogP contribution in [0.1, 0.15) is 48.9 Å². The lowest BCUT2D eigenvalue weighted by Gasteiger charge is -2.16. The second-order valence-corrected chi connectivity index (χ2v) is 8.71. The van der Waals surface area contributed by atoms with Gasteiger partial charge in [-0.1, -0.05) is 0 Å². The molecule has 1 saturated carbocycles. The van der Waals surface area contributed by atoms with Crippen LogP contribution in [0.25, 0.3) is 10.8 Å². The molecular formula is C18H22N2O3S. The van der Waals surface area contributed by atoms with Gasteiger partial charge in [0.2, 0.25) is 10.0 Å². The molecule has 5 nitrogen and oxygen atoms in total. The van der Waals surface area contributed by atoms with E-state index in [1.165, 1.54) is 0 Å². The Hall–Kier alpha value is -1.50. The van der Waals surface area contributed by atoms with Crippen molar-refractivity contribution < 1.29 is 13.5 Å². The average Bonchev–Trinajstić information content (AvgIpc) is 3.29. The van der Waals surface area contributed by atoms with E-state index in [-0.39, 0.29) is 6.54 Å². The molecule has 0 spiro atoms. The Morgan fingerprint density at radius 2 is 2.12 bits per heavy atom. The first-order valence-electron chi connectivity index (χ1n) is 8.58. The summed E-state index contributed by atoms with van der Waals surface area (Å²) in [6.07, 6.45) is 6.04. The summed E-state index contributed by atoms with van der Waals surface area (Å²) in [6.45, 7) is 1.60. The number of nitrogens with one attached hydrogen (secondary N) is 1. The lowest BCUT2D eigenvalue weighted by molar-refractivity contribution is 0.198. The third-order valence-corrected chi connectivity index (χ3v) is 6.45. The molecule has 0 bridgehead atoms. The van der Waals surface area contributed by atoms with Gasteiger partial charge in [0.25, 0.3) is 0 Å². The number of rotatable bonds is 5. The molecule has 0 aliphatic heterocycles. The fraction of sp³-hybridized carbons (Fsp3) is 0.500. The Balaban J connectivity index is 1.92. The fourth-order valence-electron chi connectivity index (χ4n) is 3.54. The predicted molar refractivity (Wildman–Crippen MR) is 92.6 cm³/mol. The summed E-state index contributed by atoms with van der Waals surface area (Å²) in [7, 11) is -3.67. The quantitative estimate of drug-likeness (QED) is 0.870. The number of aromatic nitrogens is 1. The predicted octanol–water partition coefficient (Wildman–Crippen LogP) is 2.26. The van der Waals surface area contributed by atoms with E-state index in [9.17, 15) is 13.5 Å². The number of aryl methyl sites for hydroxylation is 1. The molecule has 2 aromatic rings. The fourth-order valence-corrected chi connectivity index (χ4v) is 5.17. The van der Waals surface area contributed by atoms with Crippen molar-refractivity contribution in [3.63, 3.8) is 0 Å². The second-order valence-electron chi connectivity index (χ2n) is 7.00. The molecular weight excluding hydrogens is 324 g/mol. The molecule has 1 heterocycles. The van der Waals surface area contributed by atoms with Crippen molar-refractivity contribution >= 4 is 20.8 Å². The minimum Gasteiger partial charge on any atom is -0.392 e. The number of pyridine rings is 1. The maximum Gasteiger partial charge on any atom is 0.241 e. The van der Waals surface area contributed by atoms with E-state index in [1.54, 1.807) is 6.92 Å². The minimum atomic E-state index is -3.67. The molecule has 0 saturated heterocycles. The summed E-state index contributed by atoms with van der Waals surface area (Å²) < 4.78 is 28.5. The van der Waals surface area contributed by atoms with Gasteiger partial charge in [-0.25, -0.2) is 13.1 Å². The number of fused-ring (bicyclic) bond motifs is 2. The lowest BCUT2D eigenvalue weighted by atomic mass is 10.0. The first kappa shape index (κ1) is 16.0. The summed E-state index contributed by atoms with van der Waals surface area (Å²) in [5.41, 5.74) is 3.04. The number of aliphatic hydroxyl groups is 1. The Morgan fingerprint density at radius 3 is 2.83 bits per heavy atom. The van der Waals surface area contributed by atoms with Crippen LogP contribution in [0.4, 0.5) is 0 Å². The van der Waals surface area contributed by atoms with Gasteiger partial charge in [-0.05, 0) is 62.3 Å². The van der Waals surface area contributed by atoms with Crippen LogP contribution in [0, 0.1) is 0 Å². The summed E-state index contributed by atoms with van der Waals surface area (Å²) in [4.78, 5) is 4.94. The molecule has 2 N–H and O–H groups in total. The topological polar surface area (TPSA) is 79.3 Å². The van der Waals surface area contributed by atoms with Crippen molar-refractivity contribution in [3.8, 4) is 0 Å². The first-order valence-corrected chi connectivity index (χ1v) is 10.1. The number of hydrogen-bond acceptors (Lipinski definition) is 4. The number of benzene rings is 1. The molecule has 1 unspecified atom stereocenters. The van der Waals surface area contributed by atoms with Gasteiger partial charge >= 0.3 is 0 Å². The molecule has 0 radical (unpaired) electrons. The van der Waals surface area contributed by atoms with E-state index < -0.39 is 16.1 Å². The summed E-state index contributed by atoms with van der Waals surface area (Å²) in [5, 5.41) is 11.1. The summed E-state index contributed by atoms with van der Waals surface area (Å²) >= 11 is 0. The summed E-state index contributed by atoms with van der Waals surface area (Å²) in [6, 6.07) is 4.05. The number of aliphatic hydroxyl groups excluding tert-OH is 1. The molecule has 128 valence electrons. The van der Waals surface area contributed by atoms with Crippen LogP contribution < -0.4 is 4.72 Å². The van der Waals surface area contributed by atoms with Crippen LogP contribution in [0.2, 0.25) is 0 Å². The normalized spacial score (nSPS) is 18.8. The molecule has 2 aliphatic rings. The lowest BCUT2D eigenvalue weighted by Crippen LogP contribution is -2.31. The van der Waals surface area contributed by atoms with E-state index in [2.05, 4.69) is 15.8 Å². The van der Waals surface area contributed by atoms with Crippen molar-refractivity contribution in [2.24, 2.45) is 0 Å². The summed E-state index contributed by atoms with van der Waals surface area (Å²) in [5.74, 6) is 0.476. The van der Waals surface area contributed by atoms with Gasteiger partial charge in [0.1, 0.15) is 0 Å². The number of sulfonamides is 1. The third kappa shape index (κ3) is 2.83. The van der Waals surface area contributed by atoms with Gasteiger partial charge < -0.3 is 5.11 Å². The molecule has 4 rings (SSSR count). The highest BCUT2D eigenvalue weighted by Crippen LogP contribution is 2.41. The zero-order valence-electron chi connectivity index (χ0n) is 13.7. The minimum absolute atomic E-state index is 0.0219. The Morgan fingerprint density at radius 1 is 1.33 bits per heavy atom. The van der Waals surface area contributed by atoms with E-state index in [4.69, 9.17) is 0 Å². The first-order chi connectivity index (χ1) is 11.5. The molecule has 2 aliphatic carbocycles. The zero-order valence-corrected chi connectivity index (χ0v) is 14.6. The van der Waals surface area contributed by atoms with Gasteiger partial charge in [0.05, 0.1) is 11.0 Å². The van der Waals surface area contributed by atoms with Gasteiger partial charge in [0.15, 0.2) is 0 Å². The Bertz CT molecular complexity index is 902. The largest absolute Gasteiger partial charge is 0.392 e. The monoisotopic (exact) mass is 346 g/mol. The Kier molecular flexibility index (Phi) is 3.86. The van der Waals surface area contributed by atoms with Crippen molar-refractivity contribution in [1.29, 1.82) is 0 Å². The zero-order chi connectivity index (χ0) is 16.9. The number of hydrogen-bond donors (Lipinski definition) is 2. The maximum absolute atomic E-state index is 13.0. The SMILES string of the molecule is CC(O)CNS(=O)(=O)c1c2c(cc3cnc(C4CC4)cc13)CCC2. The second kappa shape index (κ2) is 5.79. The maximum atomic E-state index is 13.0. The molecule has 1 aromatic heterocycles. The highest BCUT2D eigenvalue weighted by atomic mass is 32.2. The van der Waals surface area contributed by atoms with Crippen LogP contribution in [-0.2, 0) is 22.9 Å². The molecule has 0 amide bonds. The van der Waals surface area contributed by atoms with Gasteiger partial charge in [0, 0.05) is 35.1 Å². The smallest absolute Gasteiger partial charge is 0.241 e. The number of nitrogens with zero attached hydrogens (tertiary/aromatic N) is 1. The molecule has 1 fully saturated rings. The van der Waals surface area contributed by atoms with Crippen LogP contribution in [0.15, 0.2) is 23.2 Å². The van der Waals surface area contributed by atoms with Crippen LogP contribution in [0.3, 0.4) is 0 Å². The molecule has 1 aromatic carbocycles. The van der Waals surface area contributed by atoms with Gasteiger partial charge in [-0.3, -0.25) is 4.98 Å². The highest BCUT2D eigenvalue weighted by molar-refractivity contribution is 7.89. The molecule has 24 heavy (non-hydrogen) atoms. The van der Waals surface area contributed by atoms with Crippen molar-refractivity contribution in [2.75, 3.05) is 6.54 Å². The Labute approximate surface area is 142 Å². The van der Waals surface area contributed by atoms with Crippen LogP contribution in [0.5, 0.6) is 0 Å². The molecule has 6 heteroatoms. The van der Waals surface area contributed by atoms with Crippen molar-refractivity contribution in [1.82, 2.24) is 9.71 Å². The van der Waals surface area contributed by atoms with Gasteiger partial charge in [-0.15, -0.1) is 0 Å². The van der Waals surface area contributed by atoms with E-state index in [0.29, 0.717) is 10.8 Å². The van der Waals surface area contributed by atoms with E-state index in [0.717, 1.165) is 59.7 Å². The van der Waals surface area contributed by atoms with Gasteiger partial charge in [-0.2, -0.15) is 0 Å². The van der Waals surface area contributed by atoms with Crippen LogP contribution in [-0.4, -0.2) is 31.2 Å². The van der Waals surface area contributed by atoms with E-state index in [1.807, 2.05) is 12.3 Å². The van der Waals surface area contributed by atoms with E-state index >= 15 is 0 Å². The standard InChI is InChI=1S/C18H22N2O3S/c1-11(21)9-20-24(22,23)18-15-4-2-3-13(15)7-14-10-19-17(8-16(14)18)12-5-6-12/h7-8,10-12,20-21H,2-6,9H2,1H3.